The van der Waals surface area contributed by atoms with Crippen LogP contribution in [-0.4, -0.2) is 73.3 Å². The molecule has 2 heterocycles. The molecule has 0 atom stereocenters. The van der Waals surface area contributed by atoms with Crippen molar-refractivity contribution in [1.82, 2.24) is 9.80 Å². The molecule has 0 aromatic carbocycles. The first-order valence-corrected chi connectivity index (χ1v) is 11.9. The molecule has 0 saturated heterocycles. The lowest BCUT2D eigenvalue weighted by Gasteiger charge is -2.12. The fourth-order valence-electron chi connectivity index (χ4n) is 2.74. The minimum absolute atomic E-state index is 0.139. The van der Waals surface area contributed by atoms with Crippen LogP contribution in [0.2, 0.25) is 0 Å². The summed E-state index contributed by atoms with van der Waals surface area (Å²) in [5, 5.41) is 5.75. The van der Waals surface area contributed by atoms with Crippen LogP contribution in [0.4, 0.5) is 0 Å². The molecule has 11 nitrogen and oxygen atoms in total. The zero-order chi connectivity index (χ0) is 27.7. The number of carbonyl (C=O) groups excluding carboxylic acids is 7. The van der Waals surface area contributed by atoms with Gasteiger partial charge in [0.05, 0.1) is 0 Å². The molecule has 36 heavy (non-hydrogen) atoms. The highest BCUT2D eigenvalue weighted by atomic mass is 35.5. The molecule has 0 bridgehead atoms. The van der Waals surface area contributed by atoms with Crippen LogP contribution in [0.15, 0.2) is 24.3 Å². The Labute approximate surface area is 222 Å². The highest BCUT2D eigenvalue weighted by Gasteiger charge is 2.23. The molecular weight excluding hydrogens is 543 g/mol. The van der Waals surface area contributed by atoms with Gasteiger partial charge in [0.15, 0.2) is 0 Å². The third-order valence-electron chi connectivity index (χ3n) is 4.48. The average molecular weight is 568 g/mol. The second kappa shape index (κ2) is 18.4. The van der Waals surface area contributed by atoms with Crippen molar-refractivity contribution in [2.45, 2.75) is 51.4 Å². The molecule has 198 valence electrons. The van der Waals surface area contributed by atoms with E-state index in [1.165, 1.54) is 34.1 Å². The second-order valence-electron chi connectivity index (χ2n) is 7.24. The highest BCUT2D eigenvalue weighted by molar-refractivity contribution is 6.97. The molecule has 0 unspecified atom stereocenters. The minimum Gasteiger partial charge on any atom is -0.481 e. The van der Waals surface area contributed by atoms with E-state index in [1.54, 1.807) is 0 Å². The summed E-state index contributed by atoms with van der Waals surface area (Å²) < 4.78 is 0. The molecule has 0 aliphatic carbocycles. The summed E-state index contributed by atoms with van der Waals surface area (Å²) in [6, 6.07) is 0. The zero-order valence-corrected chi connectivity index (χ0v) is 21.4. The average Bonchev–Trinajstić information content (AvgIpc) is 3.28. The van der Waals surface area contributed by atoms with Crippen molar-refractivity contribution in [2.24, 2.45) is 0 Å². The molecule has 2 aliphatic rings. The Morgan fingerprint density at radius 1 is 0.583 bits per heavy atom. The van der Waals surface area contributed by atoms with Gasteiger partial charge in [-0.3, -0.25) is 48.2 Å². The predicted octanol–water partition coefficient (Wildman–Crippen LogP) is 2.31. The summed E-state index contributed by atoms with van der Waals surface area (Å²) in [7, 11) is 0. The Balaban J connectivity index is 0.000000558. The van der Waals surface area contributed by atoms with Gasteiger partial charge in [-0.2, -0.15) is 0 Å². The van der Waals surface area contributed by atoms with Crippen LogP contribution < -0.4 is 0 Å². The second-order valence-corrected chi connectivity index (χ2v) is 8.35. The van der Waals surface area contributed by atoms with Gasteiger partial charge < -0.3 is 5.11 Å². The van der Waals surface area contributed by atoms with E-state index >= 15 is 0 Å². The molecule has 1 N–H and O–H groups in total. The summed E-state index contributed by atoms with van der Waals surface area (Å²) in [4.78, 5) is 86.2. The fourth-order valence-corrected chi connectivity index (χ4v) is 2.87. The van der Waals surface area contributed by atoms with Crippen molar-refractivity contribution < 1.29 is 43.5 Å². The van der Waals surface area contributed by atoms with Crippen LogP contribution in [0, 0.1) is 0 Å². The van der Waals surface area contributed by atoms with Crippen molar-refractivity contribution >= 4 is 80.1 Å². The molecule has 2 aliphatic heterocycles. The first-order chi connectivity index (χ1) is 16.9. The quantitative estimate of drug-likeness (QED) is 0.152. The van der Waals surface area contributed by atoms with Gasteiger partial charge in [-0.05, 0) is 60.5 Å². The summed E-state index contributed by atoms with van der Waals surface area (Å²) >= 11 is 14.1. The van der Waals surface area contributed by atoms with Crippen molar-refractivity contribution in [2.75, 3.05) is 13.1 Å². The lowest BCUT2D eigenvalue weighted by atomic mass is 10.2. The summed E-state index contributed by atoms with van der Waals surface area (Å²) in [6.07, 6.45) is 9.68. The van der Waals surface area contributed by atoms with E-state index in [0.29, 0.717) is 51.6 Å². The minimum atomic E-state index is -1.14. The van der Waals surface area contributed by atoms with Gasteiger partial charge in [-0.1, -0.05) is 12.8 Å². The molecule has 0 radical (unpaired) electrons. The lowest BCUT2D eigenvalue weighted by molar-refractivity contribution is -0.138. The standard InChI is InChI=1S/C10H12ClNO3.C10H13NO4.C2Cl2O2/c11-8(13)4-2-1-3-7-12-9(14)5-6-10(12)15;12-8-5-6-9(13)11(8)7-3-1-2-4-10(14)15;3-1(5)2(4)6/h5-6H,1-4,7H2;5-6H,1-4,7H2,(H,14,15);. The van der Waals surface area contributed by atoms with Gasteiger partial charge in [-0.25, -0.2) is 0 Å². The van der Waals surface area contributed by atoms with Gasteiger partial charge in [0, 0.05) is 50.2 Å². The lowest BCUT2D eigenvalue weighted by Crippen LogP contribution is -2.30. The topological polar surface area (TPSA) is 163 Å². The maximum atomic E-state index is 11.1. The van der Waals surface area contributed by atoms with Gasteiger partial charge in [0.25, 0.3) is 23.6 Å². The number of rotatable bonds is 13. The Morgan fingerprint density at radius 2 is 0.917 bits per heavy atom. The fraction of sp³-hybridized carbons (Fsp3) is 0.455. The van der Waals surface area contributed by atoms with Gasteiger partial charge in [0.2, 0.25) is 5.24 Å². The summed E-state index contributed by atoms with van der Waals surface area (Å²) in [6.45, 7) is 0.797. The molecule has 4 amide bonds. The molecule has 0 spiro atoms. The van der Waals surface area contributed by atoms with E-state index < -0.39 is 16.5 Å². The van der Waals surface area contributed by atoms with E-state index in [9.17, 15) is 38.4 Å². The third-order valence-corrected chi connectivity index (χ3v) is 5.11. The number of carboxylic acid groups (broad SMARTS) is 1. The Kier molecular flexibility index (Phi) is 16.9. The molecule has 0 fully saturated rings. The van der Waals surface area contributed by atoms with E-state index in [1.807, 2.05) is 0 Å². The number of carbonyl (C=O) groups is 8. The molecular formula is C22H25Cl3N2O9. The van der Waals surface area contributed by atoms with Crippen molar-refractivity contribution in [3.05, 3.63) is 24.3 Å². The number of halogens is 3. The molecule has 0 aromatic rings. The smallest absolute Gasteiger partial charge is 0.304 e. The zero-order valence-electron chi connectivity index (χ0n) is 19.1. The van der Waals surface area contributed by atoms with Crippen molar-refractivity contribution in [3.8, 4) is 0 Å². The van der Waals surface area contributed by atoms with Crippen LogP contribution >= 0.6 is 34.8 Å². The van der Waals surface area contributed by atoms with Gasteiger partial charge in [0.1, 0.15) is 0 Å². The van der Waals surface area contributed by atoms with Crippen LogP contribution in [-0.2, 0) is 38.4 Å². The van der Waals surface area contributed by atoms with Crippen LogP contribution in [0.5, 0.6) is 0 Å². The largest absolute Gasteiger partial charge is 0.481 e. The number of aliphatic carboxylic acids is 1. The van der Waals surface area contributed by atoms with Crippen LogP contribution in [0.25, 0.3) is 0 Å². The normalized spacial score (nSPS) is 13.9. The van der Waals surface area contributed by atoms with E-state index in [4.69, 9.17) is 16.7 Å². The number of carboxylic acids is 1. The highest BCUT2D eigenvalue weighted by Crippen LogP contribution is 2.09. The molecule has 0 saturated carbocycles. The predicted molar refractivity (Wildman–Crippen MR) is 129 cm³/mol. The van der Waals surface area contributed by atoms with Gasteiger partial charge >= 0.3 is 16.5 Å². The van der Waals surface area contributed by atoms with E-state index in [2.05, 4.69) is 23.2 Å². The molecule has 0 aromatic heterocycles. The third kappa shape index (κ3) is 15.2. The number of hydrogen-bond donors (Lipinski definition) is 1. The summed E-state index contributed by atoms with van der Waals surface area (Å²) in [5.41, 5.74) is 0. The Morgan fingerprint density at radius 3 is 1.19 bits per heavy atom. The Hall–Kier alpha value is -2.89. The first kappa shape index (κ1) is 33.1. The van der Waals surface area contributed by atoms with Crippen molar-refractivity contribution in [3.63, 3.8) is 0 Å². The first-order valence-electron chi connectivity index (χ1n) is 10.7. The van der Waals surface area contributed by atoms with Crippen LogP contribution in [0.3, 0.4) is 0 Å². The number of amides is 4. The number of imide groups is 2. The number of unbranched alkanes of at least 4 members (excludes halogenated alkanes) is 4. The maximum Gasteiger partial charge on any atom is 0.304 e. The maximum absolute atomic E-state index is 11.1. The monoisotopic (exact) mass is 566 g/mol. The SMILES string of the molecule is O=C(Cl)C(=O)Cl.O=C(Cl)CCCCCN1C(=O)C=CC1=O.O=C(O)CCCCCN1C(=O)C=CC1=O. The van der Waals surface area contributed by atoms with Crippen molar-refractivity contribution in [1.29, 1.82) is 0 Å². The number of hydrogen-bond acceptors (Lipinski definition) is 8. The van der Waals surface area contributed by atoms with Gasteiger partial charge in [-0.15, -0.1) is 0 Å². The van der Waals surface area contributed by atoms with E-state index in [-0.39, 0.29) is 35.3 Å². The van der Waals surface area contributed by atoms with Crippen LogP contribution in [0.1, 0.15) is 51.4 Å². The number of nitrogens with zero attached hydrogens (tertiary/aromatic N) is 2. The van der Waals surface area contributed by atoms with E-state index in [0.717, 1.165) is 6.42 Å². The molecule has 14 heteroatoms. The molecule has 2 rings (SSSR count). The Bertz CT molecular complexity index is 822. The summed E-state index contributed by atoms with van der Waals surface area (Å²) in [5.74, 6) is -1.89.